The topological polar surface area (TPSA) is 27.6 Å². The number of benzene rings is 1. The van der Waals surface area contributed by atoms with Gasteiger partial charge in [0.1, 0.15) is 5.84 Å². The van der Waals surface area contributed by atoms with Crippen LogP contribution in [-0.2, 0) is 12.8 Å². The maximum atomic E-state index is 4.78. The van der Waals surface area contributed by atoms with E-state index in [2.05, 4.69) is 22.9 Å². The maximum absolute atomic E-state index is 4.78. The van der Waals surface area contributed by atoms with Crippen molar-refractivity contribution in [2.75, 3.05) is 18.0 Å². The molecule has 0 radical (unpaired) electrons. The van der Waals surface area contributed by atoms with E-state index in [1.54, 1.807) is 5.56 Å². The van der Waals surface area contributed by atoms with Crippen LogP contribution in [-0.4, -0.2) is 18.9 Å². The number of hydrogen-bond donors (Lipinski definition) is 1. The van der Waals surface area contributed by atoms with Crippen molar-refractivity contribution in [2.45, 2.75) is 45.4 Å². The Balaban J connectivity index is 1.88. The van der Waals surface area contributed by atoms with Gasteiger partial charge in [-0.05, 0) is 62.6 Å². The third kappa shape index (κ3) is 2.06. The fourth-order valence-electron chi connectivity index (χ4n) is 4.00. The summed E-state index contributed by atoms with van der Waals surface area (Å²) in [5, 5.41) is 3.29. The lowest BCUT2D eigenvalue weighted by Crippen LogP contribution is -2.31. The van der Waals surface area contributed by atoms with Crippen molar-refractivity contribution in [1.82, 2.24) is 5.32 Å². The molecule has 1 N–H and O–H groups in total. The van der Waals surface area contributed by atoms with E-state index in [0.717, 1.165) is 11.5 Å². The van der Waals surface area contributed by atoms with Crippen LogP contribution in [0.5, 0.6) is 0 Å². The molecule has 0 aromatic heterocycles. The molecule has 3 heteroatoms. The van der Waals surface area contributed by atoms with Gasteiger partial charge in [0.15, 0.2) is 0 Å². The number of fused-ring (bicyclic) bond motifs is 3. The number of piperidine rings is 1. The molecule has 0 amide bonds. The summed E-state index contributed by atoms with van der Waals surface area (Å²) in [5.41, 5.74) is 7.90. The van der Waals surface area contributed by atoms with E-state index in [9.17, 15) is 0 Å². The van der Waals surface area contributed by atoms with Crippen molar-refractivity contribution in [3.63, 3.8) is 0 Å². The van der Waals surface area contributed by atoms with E-state index < -0.39 is 0 Å². The van der Waals surface area contributed by atoms with Gasteiger partial charge in [0.2, 0.25) is 0 Å². The molecule has 1 aromatic rings. The van der Waals surface area contributed by atoms with Crippen molar-refractivity contribution >= 4 is 22.9 Å². The van der Waals surface area contributed by atoms with Crippen molar-refractivity contribution in [3.8, 4) is 0 Å². The Hall–Kier alpha value is -1.77. The molecule has 110 valence electrons. The van der Waals surface area contributed by atoms with Gasteiger partial charge < -0.3 is 10.2 Å². The lowest BCUT2D eigenvalue weighted by Gasteiger charge is -2.32. The molecule has 0 saturated carbocycles. The third-order valence-electron chi connectivity index (χ3n) is 4.98. The summed E-state index contributed by atoms with van der Waals surface area (Å²) in [7, 11) is 0. The highest BCUT2D eigenvalue weighted by Crippen LogP contribution is 2.43. The van der Waals surface area contributed by atoms with Gasteiger partial charge in [-0.3, -0.25) is 0 Å². The van der Waals surface area contributed by atoms with E-state index in [0.29, 0.717) is 0 Å². The zero-order valence-corrected chi connectivity index (χ0v) is 12.8. The largest absolute Gasteiger partial charge is 0.371 e. The first-order valence-corrected chi connectivity index (χ1v) is 8.19. The molecule has 1 aromatic carbocycles. The van der Waals surface area contributed by atoms with Crippen LogP contribution in [0.1, 0.15) is 49.3 Å². The Bertz CT molecular complexity index is 636. The number of hydrogen-bond acceptors (Lipinski definition) is 3. The molecule has 0 bridgehead atoms. The van der Waals surface area contributed by atoms with Gasteiger partial charge in [0.05, 0.1) is 5.69 Å². The van der Waals surface area contributed by atoms with E-state index in [1.165, 1.54) is 74.1 Å². The molecule has 1 fully saturated rings. The minimum atomic E-state index is 0.965. The molecule has 3 aliphatic rings. The number of nitrogens with one attached hydrogen (secondary N) is 1. The fourth-order valence-corrected chi connectivity index (χ4v) is 4.00. The Labute approximate surface area is 126 Å². The van der Waals surface area contributed by atoms with Crippen LogP contribution in [0.4, 0.5) is 11.4 Å². The van der Waals surface area contributed by atoms with Crippen LogP contribution >= 0.6 is 0 Å². The van der Waals surface area contributed by atoms with E-state index >= 15 is 0 Å². The van der Waals surface area contributed by atoms with Crippen LogP contribution in [0.3, 0.4) is 0 Å². The van der Waals surface area contributed by atoms with E-state index in [1.807, 2.05) is 6.92 Å². The smallest absolute Gasteiger partial charge is 0.103 e. The summed E-state index contributed by atoms with van der Waals surface area (Å²) in [6.07, 6.45) is 7.67. The SMILES string of the molecule is C=C1NC(C)=Nc2c1cc(N1CCCCC1)c1c2CCC1. The first-order valence-electron chi connectivity index (χ1n) is 8.19. The number of aliphatic imine (C=N–C) groups is 1. The second-order valence-corrected chi connectivity index (χ2v) is 6.45. The van der Waals surface area contributed by atoms with Gasteiger partial charge in [0.25, 0.3) is 0 Å². The maximum Gasteiger partial charge on any atom is 0.103 e. The Morgan fingerprint density at radius 1 is 1.10 bits per heavy atom. The van der Waals surface area contributed by atoms with Crippen molar-refractivity contribution in [3.05, 3.63) is 29.3 Å². The predicted molar refractivity (Wildman–Crippen MR) is 89.5 cm³/mol. The molecule has 3 nitrogen and oxygen atoms in total. The van der Waals surface area contributed by atoms with Gasteiger partial charge in [0, 0.05) is 30.0 Å². The Kier molecular flexibility index (Phi) is 3.02. The average Bonchev–Trinajstić information content (AvgIpc) is 2.97. The number of anilines is 1. The Morgan fingerprint density at radius 3 is 2.67 bits per heavy atom. The van der Waals surface area contributed by atoms with Crippen LogP contribution in [0, 0.1) is 0 Å². The standard InChI is InChI=1S/C18H23N3/c1-12-16-11-17(21-9-4-3-5-10-21)14-7-6-8-15(14)18(16)20-13(2)19-12/h11H,1,3-10H2,2H3,(H,19,20). The van der Waals surface area contributed by atoms with Gasteiger partial charge in [-0.2, -0.15) is 0 Å². The highest BCUT2D eigenvalue weighted by atomic mass is 15.1. The Morgan fingerprint density at radius 2 is 1.86 bits per heavy atom. The zero-order chi connectivity index (χ0) is 14.4. The highest BCUT2D eigenvalue weighted by Gasteiger charge is 2.27. The third-order valence-corrected chi connectivity index (χ3v) is 4.98. The van der Waals surface area contributed by atoms with Crippen LogP contribution < -0.4 is 10.2 Å². The first-order chi connectivity index (χ1) is 10.2. The van der Waals surface area contributed by atoms with Crippen molar-refractivity contribution < 1.29 is 0 Å². The molecule has 1 aliphatic carbocycles. The number of rotatable bonds is 1. The minimum absolute atomic E-state index is 0.965. The second-order valence-electron chi connectivity index (χ2n) is 6.45. The van der Waals surface area contributed by atoms with Gasteiger partial charge in [-0.1, -0.05) is 6.58 Å². The molecule has 21 heavy (non-hydrogen) atoms. The van der Waals surface area contributed by atoms with Gasteiger partial charge in [-0.25, -0.2) is 4.99 Å². The first kappa shape index (κ1) is 12.9. The van der Waals surface area contributed by atoms with E-state index in [4.69, 9.17) is 4.99 Å². The molecule has 1 saturated heterocycles. The zero-order valence-electron chi connectivity index (χ0n) is 12.8. The average molecular weight is 281 g/mol. The summed E-state index contributed by atoms with van der Waals surface area (Å²) < 4.78 is 0. The number of amidine groups is 1. The molecule has 0 spiro atoms. The molecule has 2 aliphatic heterocycles. The van der Waals surface area contributed by atoms with E-state index in [-0.39, 0.29) is 0 Å². The number of nitrogens with zero attached hydrogens (tertiary/aromatic N) is 2. The summed E-state index contributed by atoms with van der Waals surface area (Å²) >= 11 is 0. The molecule has 4 rings (SSSR count). The van der Waals surface area contributed by atoms with Gasteiger partial charge in [-0.15, -0.1) is 0 Å². The van der Waals surface area contributed by atoms with Crippen molar-refractivity contribution in [1.29, 1.82) is 0 Å². The van der Waals surface area contributed by atoms with Crippen LogP contribution in [0.25, 0.3) is 5.70 Å². The monoisotopic (exact) mass is 281 g/mol. The second kappa shape index (κ2) is 4.90. The summed E-state index contributed by atoms with van der Waals surface area (Å²) in [5.74, 6) is 0.965. The molecular formula is C18H23N3. The van der Waals surface area contributed by atoms with Crippen LogP contribution in [0.2, 0.25) is 0 Å². The molecule has 0 atom stereocenters. The minimum Gasteiger partial charge on any atom is -0.371 e. The van der Waals surface area contributed by atoms with Crippen LogP contribution in [0.15, 0.2) is 17.6 Å². The normalized spacial score (nSPS) is 20.7. The summed E-state index contributed by atoms with van der Waals surface area (Å²) in [4.78, 5) is 7.37. The highest BCUT2D eigenvalue weighted by molar-refractivity contribution is 5.98. The molecule has 2 heterocycles. The van der Waals surface area contributed by atoms with Gasteiger partial charge >= 0.3 is 0 Å². The predicted octanol–water partition coefficient (Wildman–Crippen LogP) is 3.79. The molecule has 0 unspecified atom stereocenters. The summed E-state index contributed by atoms with van der Waals surface area (Å²) in [6.45, 7) is 8.63. The lowest BCUT2D eigenvalue weighted by atomic mass is 9.96. The quantitative estimate of drug-likeness (QED) is 0.848. The molecular weight excluding hydrogens is 258 g/mol. The fraction of sp³-hybridized carbons (Fsp3) is 0.500. The summed E-state index contributed by atoms with van der Waals surface area (Å²) in [6, 6.07) is 2.34. The lowest BCUT2D eigenvalue weighted by molar-refractivity contribution is 0.576. The van der Waals surface area contributed by atoms with Crippen molar-refractivity contribution in [2.24, 2.45) is 4.99 Å².